The molecule has 3 aromatic rings. The smallest absolute Gasteiger partial charge is 0.338 e. The Morgan fingerprint density at radius 1 is 1.11 bits per heavy atom. The van der Waals surface area contributed by atoms with Gasteiger partial charge in [-0.05, 0) is 48.9 Å². The zero-order valence-corrected chi connectivity index (χ0v) is 15.3. The number of benzene rings is 2. The Bertz CT molecular complexity index is 985. The lowest BCUT2D eigenvalue weighted by Gasteiger charge is -2.07. The number of halogens is 1. The van der Waals surface area contributed by atoms with E-state index in [2.05, 4.69) is 20.5 Å². The number of hydrogen-bond donors (Lipinski definition) is 2. The van der Waals surface area contributed by atoms with Crippen LogP contribution in [0, 0.1) is 0 Å². The van der Waals surface area contributed by atoms with E-state index in [4.69, 9.17) is 16.3 Å². The molecule has 0 fully saturated rings. The molecular weight excluding hydrogens is 368 g/mol. The van der Waals surface area contributed by atoms with Crippen LogP contribution in [0.3, 0.4) is 0 Å². The zero-order valence-electron chi connectivity index (χ0n) is 14.5. The van der Waals surface area contributed by atoms with Crippen LogP contribution >= 0.6 is 11.6 Å². The van der Waals surface area contributed by atoms with Gasteiger partial charge in [0.1, 0.15) is 5.69 Å². The highest BCUT2D eigenvalue weighted by molar-refractivity contribution is 6.30. The third-order valence-corrected chi connectivity index (χ3v) is 3.96. The lowest BCUT2D eigenvalue weighted by Crippen LogP contribution is -2.18. The molecule has 3 rings (SSSR count). The first-order chi connectivity index (χ1) is 13.0. The van der Waals surface area contributed by atoms with Crippen molar-refractivity contribution in [3.05, 3.63) is 80.7 Å². The van der Waals surface area contributed by atoms with Crippen molar-refractivity contribution < 1.29 is 9.53 Å². The quantitative estimate of drug-likeness (QED) is 0.633. The monoisotopic (exact) mass is 384 g/mol. The maximum Gasteiger partial charge on any atom is 0.338 e. The fourth-order valence-electron chi connectivity index (χ4n) is 2.37. The number of rotatable bonds is 6. The molecule has 0 amide bonds. The number of carbonyl (C=O) groups is 1. The lowest BCUT2D eigenvalue weighted by molar-refractivity contribution is 0.0526. The summed E-state index contributed by atoms with van der Waals surface area (Å²) in [5.74, 6) is -0.174. The summed E-state index contributed by atoms with van der Waals surface area (Å²) in [5, 5.41) is 11.6. The first-order valence-corrected chi connectivity index (χ1v) is 8.67. The fraction of sp³-hybridized carbons (Fsp3) is 0.158. The Hall–Kier alpha value is -3.19. The molecule has 0 spiro atoms. The summed E-state index contributed by atoms with van der Waals surface area (Å²) in [4.78, 5) is 26.5. The van der Waals surface area contributed by atoms with Crippen molar-refractivity contribution in [3.63, 3.8) is 0 Å². The fourth-order valence-corrected chi connectivity index (χ4v) is 2.49. The number of carbonyl (C=O) groups excluding carboxylic acids is 1. The number of nitrogens with one attached hydrogen (secondary N) is 2. The van der Waals surface area contributed by atoms with E-state index in [1.165, 1.54) is 0 Å². The number of H-pyrrole nitrogens is 1. The molecule has 2 N–H and O–H groups in total. The van der Waals surface area contributed by atoms with Gasteiger partial charge in [-0.25, -0.2) is 4.79 Å². The van der Waals surface area contributed by atoms with Crippen LogP contribution < -0.4 is 10.9 Å². The molecule has 0 aliphatic heterocycles. The SMILES string of the molecule is CCOC(=O)c1ccc(Nc2nnc(Cc3ccc(Cl)cc3)c(=O)[nH]2)cc1. The molecule has 0 radical (unpaired) electrons. The maximum atomic E-state index is 12.2. The van der Waals surface area contributed by atoms with E-state index >= 15 is 0 Å². The van der Waals surface area contributed by atoms with E-state index < -0.39 is 0 Å². The van der Waals surface area contributed by atoms with Crippen molar-refractivity contribution in [2.45, 2.75) is 13.3 Å². The van der Waals surface area contributed by atoms with Crippen molar-refractivity contribution in [2.24, 2.45) is 0 Å². The van der Waals surface area contributed by atoms with E-state index in [0.717, 1.165) is 5.56 Å². The minimum absolute atomic E-state index is 0.212. The van der Waals surface area contributed by atoms with Gasteiger partial charge in [0, 0.05) is 17.1 Å². The topological polar surface area (TPSA) is 97.0 Å². The Morgan fingerprint density at radius 3 is 2.44 bits per heavy atom. The average Bonchev–Trinajstić information content (AvgIpc) is 2.66. The second-order valence-electron chi connectivity index (χ2n) is 5.68. The van der Waals surface area contributed by atoms with Gasteiger partial charge in [0.05, 0.1) is 12.2 Å². The van der Waals surface area contributed by atoms with E-state index in [1.807, 2.05) is 12.1 Å². The molecule has 138 valence electrons. The van der Waals surface area contributed by atoms with Crippen molar-refractivity contribution in [1.82, 2.24) is 15.2 Å². The summed E-state index contributed by atoms with van der Waals surface area (Å²) in [6.07, 6.45) is 0.355. The maximum absolute atomic E-state index is 12.2. The summed E-state index contributed by atoms with van der Waals surface area (Å²) in [5.41, 5.74) is 1.99. The number of aromatic nitrogens is 3. The molecular formula is C19H17ClN4O3. The summed E-state index contributed by atoms with van der Waals surface area (Å²) >= 11 is 5.86. The molecule has 0 saturated carbocycles. The summed E-state index contributed by atoms with van der Waals surface area (Å²) < 4.78 is 4.93. The van der Waals surface area contributed by atoms with Crippen LogP contribution in [0.1, 0.15) is 28.5 Å². The molecule has 1 heterocycles. The lowest BCUT2D eigenvalue weighted by atomic mass is 10.1. The second kappa shape index (κ2) is 8.46. The van der Waals surface area contributed by atoms with Crippen molar-refractivity contribution in [3.8, 4) is 0 Å². The molecule has 0 atom stereocenters. The summed E-state index contributed by atoms with van der Waals surface area (Å²) in [6.45, 7) is 2.07. The van der Waals surface area contributed by atoms with Crippen LogP contribution in [-0.2, 0) is 11.2 Å². The van der Waals surface area contributed by atoms with Crippen molar-refractivity contribution in [1.29, 1.82) is 0 Å². The van der Waals surface area contributed by atoms with Gasteiger partial charge >= 0.3 is 5.97 Å². The summed E-state index contributed by atoms with van der Waals surface area (Å²) in [7, 11) is 0. The molecule has 7 nitrogen and oxygen atoms in total. The predicted octanol–water partition coefficient (Wildman–Crippen LogP) is 3.33. The van der Waals surface area contributed by atoms with Crippen LogP contribution in [0.4, 0.5) is 11.6 Å². The van der Waals surface area contributed by atoms with Gasteiger partial charge in [0.25, 0.3) is 5.56 Å². The van der Waals surface area contributed by atoms with E-state index in [1.54, 1.807) is 43.3 Å². The van der Waals surface area contributed by atoms with Crippen LogP contribution in [-0.4, -0.2) is 27.8 Å². The van der Waals surface area contributed by atoms with Gasteiger partial charge in [0.2, 0.25) is 5.95 Å². The largest absolute Gasteiger partial charge is 0.462 e. The highest BCUT2D eigenvalue weighted by Crippen LogP contribution is 2.14. The average molecular weight is 385 g/mol. The third kappa shape index (κ3) is 4.92. The van der Waals surface area contributed by atoms with Gasteiger partial charge in [-0.15, -0.1) is 10.2 Å². The van der Waals surface area contributed by atoms with Gasteiger partial charge < -0.3 is 10.1 Å². The van der Waals surface area contributed by atoms with Gasteiger partial charge in [-0.3, -0.25) is 9.78 Å². The number of aromatic amines is 1. The molecule has 0 unspecified atom stereocenters. The number of ether oxygens (including phenoxy) is 1. The highest BCUT2D eigenvalue weighted by Gasteiger charge is 2.08. The van der Waals surface area contributed by atoms with Crippen LogP contribution in [0.2, 0.25) is 5.02 Å². The Morgan fingerprint density at radius 2 is 1.81 bits per heavy atom. The molecule has 1 aromatic heterocycles. The molecule has 0 aliphatic carbocycles. The number of anilines is 2. The summed E-state index contributed by atoms with van der Waals surface area (Å²) in [6, 6.07) is 13.8. The Kier molecular flexibility index (Phi) is 5.83. The molecule has 8 heteroatoms. The van der Waals surface area contributed by atoms with Crippen molar-refractivity contribution >= 4 is 29.2 Å². The molecule has 0 saturated heterocycles. The van der Waals surface area contributed by atoms with E-state index in [9.17, 15) is 9.59 Å². The normalized spacial score (nSPS) is 10.4. The predicted molar refractivity (Wildman–Crippen MR) is 103 cm³/mol. The minimum Gasteiger partial charge on any atom is -0.462 e. The first-order valence-electron chi connectivity index (χ1n) is 8.29. The van der Waals surface area contributed by atoms with Crippen molar-refractivity contribution in [2.75, 3.05) is 11.9 Å². The standard InChI is InChI=1S/C19H17ClN4O3/c1-2-27-18(26)13-5-9-15(10-6-13)21-19-22-17(25)16(23-24-19)11-12-3-7-14(20)8-4-12/h3-10H,2,11H2,1H3,(H2,21,22,24,25). The first kappa shape index (κ1) is 18.6. The van der Waals surface area contributed by atoms with Gasteiger partial charge in [-0.2, -0.15) is 0 Å². The van der Waals surface area contributed by atoms with Gasteiger partial charge in [0.15, 0.2) is 0 Å². The van der Waals surface area contributed by atoms with Crippen LogP contribution in [0.5, 0.6) is 0 Å². The number of esters is 1. The second-order valence-corrected chi connectivity index (χ2v) is 6.11. The molecule has 0 aliphatic rings. The molecule has 0 bridgehead atoms. The Balaban J connectivity index is 1.69. The number of hydrogen-bond acceptors (Lipinski definition) is 6. The molecule has 27 heavy (non-hydrogen) atoms. The number of nitrogens with zero attached hydrogens (tertiary/aromatic N) is 2. The highest BCUT2D eigenvalue weighted by atomic mass is 35.5. The Labute approximate surface area is 160 Å². The van der Waals surface area contributed by atoms with Crippen LogP contribution in [0.15, 0.2) is 53.3 Å². The van der Waals surface area contributed by atoms with Gasteiger partial charge in [-0.1, -0.05) is 23.7 Å². The van der Waals surface area contributed by atoms with E-state index in [0.29, 0.717) is 35.0 Å². The zero-order chi connectivity index (χ0) is 19.2. The van der Waals surface area contributed by atoms with Crippen LogP contribution in [0.25, 0.3) is 0 Å². The molecule has 2 aromatic carbocycles. The third-order valence-electron chi connectivity index (χ3n) is 3.71. The minimum atomic E-state index is -0.385. The van der Waals surface area contributed by atoms with E-state index in [-0.39, 0.29) is 17.5 Å².